The Balaban J connectivity index is 2.13. The minimum Gasteiger partial charge on any atom is -0.319 e. The second kappa shape index (κ2) is 4.14. The van der Waals surface area contributed by atoms with Gasteiger partial charge in [-0.25, -0.2) is 4.52 Å². The first-order valence-corrected chi connectivity index (χ1v) is 6.44. The van der Waals surface area contributed by atoms with Crippen molar-refractivity contribution in [1.29, 1.82) is 0 Å². The fourth-order valence-electron chi connectivity index (χ4n) is 1.86. The van der Waals surface area contributed by atoms with Crippen LogP contribution in [0, 0.1) is 0 Å². The van der Waals surface area contributed by atoms with E-state index >= 15 is 0 Å². The van der Waals surface area contributed by atoms with Crippen molar-refractivity contribution < 1.29 is 0 Å². The Morgan fingerprint density at radius 3 is 3.00 bits per heavy atom. The summed E-state index contributed by atoms with van der Waals surface area (Å²) in [6.45, 7) is 0. The van der Waals surface area contributed by atoms with Gasteiger partial charge in [-0.05, 0) is 23.6 Å². The van der Waals surface area contributed by atoms with Crippen molar-refractivity contribution >= 4 is 28.5 Å². The summed E-state index contributed by atoms with van der Waals surface area (Å²) in [6, 6.07) is 7.57. The van der Waals surface area contributed by atoms with Crippen LogP contribution in [0.25, 0.3) is 5.52 Å². The number of pyridine rings is 1. The maximum atomic E-state index is 6.24. The van der Waals surface area contributed by atoms with Crippen molar-refractivity contribution in [3.05, 3.63) is 57.5 Å². The number of aromatic nitrogens is 2. The summed E-state index contributed by atoms with van der Waals surface area (Å²) in [7, 11) is 0. The minimum atomic E-state index is -0.220. The van der Waals surface area contributed by atoms with E-state index in [1.165, 1.54) is 0 Å². The number of hydrogen-bond acceptors (Lipinski definition) is 3. The first kappa shape index (κ1) is 10.8. The molecule has 1 unspecified atom stereocenters. The lowest BCUT2D eigenvalue weighted by molar-refractivity contribution is 0.903. The van der Waals surface area contributed by atoms with Gasteiger partial charge in [0.1, 0.15) is 0 Å². The normalized spacial score (nSPS) is 13.1. The van der Waals surface area contributed by atoms with Crippen molar-refractivity contribution in [2.24, 2.45) is 5.73 Å². The maximum absolute atomic E-state index is 6.24. The molecule has 0 bridgehead atoms. The van der Waals surface area contributed by atoms with Crippen LogP contribution in [0.2, 0.25) is 5.02 Å². The average molecular weight is 264 g/mol. The van der Waals surface area contributed by atoms with Crippen LogP contribution in [-0.2, 0) is 0 Å². The summed E-state index contributed by atoms with van der Waals surface area (Å²) in [6.07, 6.45) is 3.71. The van der Waals surface area contributed by atoms with Crippen molar-refractivity contribution in [3.8, 4) is 0 Å². The number of nitrogens with zero attached hydrogens (tertiary/aromatic N) is 2. The molecule has 3 rings (SSSR count). The van der Waals surface area contributed by atoms with Crippen LogP contribution in [0.3, 0.4) is 0 Å². The number of hydrogen-bond donors (Lipinski definition) is 1. The molecule has 0 saturated carbocycles. The molecule has 5 heteroatoms. The summed E-state index contributed by atoms with van der Waals surface area (Å²) >= 11 is 7.68. The van der Waals surface area contributed by atoms with Crippen LogP contribution in [0.4, 0.5) is 0 Å². The van der Waals surface area contributed by atoms with Gasteiger partial charge in [-0.2, -0.15) is 5.10 Å². The zero-order valence-electron chi connectivity index (χ0n) is 8.88. The molecule has 0 aliphatic rings. The topological polar surface area (TPSA) is 43.3 Å². The fourth-order valence-corrected chi connectivity index (χ4v) is 3.06. The summed E-state index contributed by atoms with van der Waals surface area (Å²) in [5, 5.41) is 6.95. The van der Waals surface area contributed by atoms with Gasteiger partial charge in [0.05, 0.1) is 22.8 Å². The Hall–Kier alpha value is -1.36. The highest BCUT2D eigenvalue weighted by Gasteiger charge is 2.17. The molecule has 17 heavy (non-hydrogen) atoms. The lowest BCUT2D eigenvalue weighted by Gasteiger charge is -2.08. The number of fused-ring (bicyclic) bond motifs is 1. The molecule has 0 fully saturated rings. The summed E-state index contributed by atoms with van der Waals surface area (Å²) in [5.74, 6) is 0. The van der Waals surface area contributed by atoms with E-state index in [4.69, 9.17) is 17.3 Å². The SMILES string of the molecule is NC(c1sccc1Cl)c1cnn2ccccc12. The van der Waals surface area contributed by atoms with E-state index in [9.17, 15) is 0 Å². The largest absolute Gasteiger partial charge is 0.319 e. The van der Waals surface area contributed by atoms with Crippen LogP contribution in [0.5, 0.6) is 0 Å². The average Bonchev–Trinajstić information content (AvgIpc) is 2.94. The van der Waals surface area contributed by atoms with E-state index in [1.54, 1.807) is 17.5 Å². The van der Waals surface area contributed by atoms with Crippen molar-refractivity contribution in [2.45, 2.75) is 6.04 Å². The fraction of sp³-hybridized carbons (Fsp3) is 0.0833. The Bertz CT molecular complexity index is 658. The predicted octanol–water partition coefficient (Wildman–Crippen LogP) is 3.10. The van der Waals surface area contributed by atoms with Crippen LogP contribution in [-0.4, -0.2) is 9.61 Å². The lowest BCUT2D eigenvalue weighted by Crippen LogP contribution is -2.10. The van der Waals surface area contributed by atoms with Crippen molar-refractivity contribution in [2.75, 3.05) is 0 Å². The van der Waals surface area contributed by atoms with E-state index < -0.39 is 0 Å². The van der Waals surface area contributed by atoms with Crippen LogP contribution < -0.4 is 5.73 Å². The zero-order chi connectivity index (χ0) is 11.8. The highest BCUT2D eigenvalue weighted by atomic mass is 35.5. The molecule has 0 aliphatic heterocycles. The van der Waals surface area contributed by atoms with Crippen molar-refractivity contribution in [1.82, 2.24) is 9.61 Å². The monoisotopic (exact) mass is 263 g/mol. The van der Waals surface area contributed by atoms with Gasteiger partial charge >= 0.3 is 0 Å². The Labute approximate surface area is 107 Å². The van der Waals surface area contributed by atoms with Gasteiger partial charge < -0.3 is 5.73 Å². The molecule has 1 atom stereocenters. The van der Waals surface area contributed by atoms with Gasteiger partial charge in [-0.15, -0.1) is 11.3 Å². The highest BCUT2D eigenvalue weighted by Crippen LogP contribution is 2.32. The number of nitrogens with two attached hydrogens (primary N) is 1. The van der Waals surface area contributed by atoms with Crippen LogP contribution in [0.1, 0.15) is 16.5 Å². The summed E-state index contributed by atoms with van der Waals surface area (Å²) in [4.78, 5) is 0.977. The zero-order valence-corrected chi connectivity index (χ0v) is 10.4. The maximum Gasteiger partial charge on any atom is 0.0713 e. The molecule has 0 spiro atoms. The van der Waals surface area contributed by atoms with E-state index in [-0.39, 0.29) is 6.04 Å². The molecule has 0 aromatic carbocycles. The lowest BCUT2D eigenvalue weighted by atomic mass is 10.1. The molecule has 3 nitrogen and oxygen atoms in total. The molecular weight excluding hydrogens is 254 g/mol. The number of thiophene rings is 1. The smallest absolute Gasteiger partial charge is 0.0713 e. The second-order valence-electron chi connectivity index (χ2n) is 3.74. The Morgan fingerprint density at radius 1 is 1.35 bits per heavy atom. The summed E-state index contributed by atoms with van der Waals surface area (Å²) in [5.41, 5.74) is 8.26. The number of halogens is 1. The highest BCUT2D eigenvalue weighted by molar-refractivity contribution is 7.10. The van der Waals surface area contributed by atoms with Gasteiger partial charge in [-0.3, -0.25) is 0 Å². The third kappa shape index (κ3) is 1.74. The molecule has 3 aromatic rings. The molecule has 0 amide bonds. The summed E-state index contributed by atoms with van der Waals surface area (Å²) < 4.78 is 1.82. The molecule has 86 valence electrons. The molecule has 3 heterocycles. The van der Waals surface area contributed by atoms with Gasteiger partial charge in [0.2, 0.25) is 0 Å². The van der Waals surface area contributed by atoms with Crippen LogP contribution >= 0.6 is 22.9 Å². The van der Waals surface area contributed by atoms with Gasteiger partial charge in [0.15, 0.2) is 0 Å². The van der Waals surface area contributed by atoms with E-state index in [0.29, 0.717) is 0 Å². The first-order chi connectivity index (χ1) is 8.27. The molecule has 2 N–H and O–H groups in total. The van der Waals surface area contributed by atoms with E-state index in [1.807, 2.05) is 40.4 Å². The quantitative estimate of drug-likeness (QED) is 0.772. The second-order valence-corrected chi connectivity index (χ2v) is 5.10. The molecular formula is C12H10ClN3S. The van der Waals surface area contributed by atoms with Gasteiger partial charge in [0.25, 0.3) is 0 Å². The predicted molar refractivity (Wildman–Crippen MR) is 70.6 cm³/mol. The first-order valence-electron chi connectivity index (χ1n) is 5.18. The Kier molecular flexibility index (Phi) is 2.63. The van der Waals surface area contributed by atoms with E-state index in [0.717, 1.165) is 21.0 Å². The number of rotatable bonds is 2. The van der Waals surface area contributed by atoms with Crippen molar-refractivity contribution in [3.63, 3.8) is 0 Å². The van der Waals surface area contributed by atoms with Crippen LogP contribution in [0.15, 0.2) is 42.0 Å². The molecule has 0 aliphatic carbocycles. The van der Waals surface area contributed by atoms with Gasteiger partial charge in [-0.1, -0.05) is 17.7 Å². The van der Waals surface area contributed by atoms with E-state index in [2.05, 4.69) is 5.10 Å². The minimum absolute atomic E-state index is 0.220. The van der Waals surface area contributed by atoms with Gasteiger partial charge in [0, 0.05) is 16.6 Å². The third-order valence-corrected chi connectivity index (χ3v) is 4.16. The molecule has 0 saturated heterocycles. The standard InChI is InChI=1S/C12H10ClN3S/c13-9-4-6-17-12(9)11(14)8-7-15-16-5-2-1-3-10(8)16/h1-7,11H,14H2. The molecule has 0 radical (unpaired) electrons. The third-order valence-electron chi connectivity index (χ3n) is 2.72. The molecule has 3 aromatic heterocycles. The Morgan fingerprint density at radius 2 is 2.24 bits per heavy atom.